The van der Waals surface area contributed by atoms with Gasteiger partial charge in [-0.05, 0) is 6.42 Å². The van der Waals surface area contributed by atoms with Crippen LogP contribution in [0.15, 0.2) is 6.07 Å². The largest absolute Gasteiger partial charge is 0.489 e. The summed E-state index contributed by atoms with van der Waals surface area (Å²) >= 11 is 6.10. The van der Waals surface area contributed by atoms with E-state index in [1.54, 1.807) is 6.07 Å². The molecule has 0 unspecified atom stereocenters. The smallest absolute Gasteiger partial charge is 0.164 e. The van der Waals surface area contributed by atoms with Gasteiger partial charge in [-0.3, -0.25) is 0 Å². The summed E-state index contributed by atoms with van der Waals surface area (Å²) in [5, 5.41) is 9.87. The average Bonchev–Trinajstić information content (AvgIpc) is 2.52. The molecule has 4 heteroatoms. The Morgan fingerprint density at radius 1 is 1.31 bits per heavy atom. The van der Waals surface area contributed by atoms with Gasteiger partial charge >= 0.3 is 0 Å². The molecule has 1 aromatic rings. The van der Waals surface area contributed by atoms with E-state index >= 15 is 0 Å². The second kappa shape index (κ2) is 4.93. The van der Waals surface area contributed by atoms with Gasteiger partial charge in [0.15, 0.2) is 11.5 Å². The Morgan fingerprint density at radius 2 is 2.06 bits per heavy atom. The maximum absolute atomic E-state index is 9.32. The molecule has 0 aliphatic carbocycles. The van der Waals surface area contributed by atoms with Gasteiger partial charge in [-0.1, -0.05) is 18.5 Å². The molecule has 3 nitrogen and oxygen atoms in total. The van der Waals surface area contributed by atoms with Gasteiger partial charge in [0.1, 0.15) is 0 Å². The van der Waals surface area contributed by atoms with Crippen LogP contribution in [0.2, 0.25) is 5.02 Å². The van der Waals surface area contributed by atoms with Crippen molar-refractivity contribution in [2.75, 3.05) is 13.2 Å². The van der Waals surface area contributed by atoms with Crippen LogP contribution in [0.3, 0.4) is 0 Å². The normalized spacial score (nSPS) is 14.7. The third-order valence-corrected chi connectivity index (χ3v) is 3.05. The zero-order chi connectivity index (χ0) is 11.5. The summed E-state index contributed by atoms with van der Waals surface area (Å²) in [6.45, 7) is 3.23. The van der Waals surface area contributed by atoms with E-state index in [0.717, 1.165) is 29.7 Å². The average molecular weight is 243 g/mol. The molecular formula is C12H15ClO3. The van der Waals surface area contributed by atoms with E-state index in [0.29, 0.717) is 24.0 Å². The Labute approximate surface area is 99.9 Å². The molecule has 0 bridgehead atoms. The molecule has 1 aliphatic heterocycles. The molecule has 1 aliphatic rings. The molecule has 1 aromatic carbocycles. The molecule has 0 atom stereocenters. The molecule has 88 valence electrons. The lowest BCUT2D eigenvalue weighted by molar-refractivity contribution is 0.277. The lowest BCUT2D eigenvalue weighted by atomic mass is 10.0. The predicted molar refractivity (Wildman–Crippen MR) is 62.4 cm³/mol. The molecule has 0 amide bonds. The lowest BCUT2D eigenvalue weighted by Crippen LogP contribution is -2.01. The predicted octanol–water partition coefficient (Wildman–Crippen LogP) is 2.56. The summed E-state index contributed by atoms with van der Waals surface area (Å²) < 4.78 is 11.3. The van der Waals surface area contributed by atoms with Crippen LogP contribution in [-0.4, -0.2) is 18.3 Å². The summed E-state index contributed by atoms with van der Waals surface area (Å²) in [5.74, 6) is 1.44. The van der Waals surface area contributed by atoms with Gasteiger partial charge < -0.3 is 14.6 Å². The number of rotatable bonds is 2. The molecule has 1 heterocycles. The fourth-order valence-electron chi connectivity index (χ4n) is 1.92. The van der Waals surface area contributed by atoms with E-state index in [1.165, 1.54) is 0 Å². The Kier molecular flexibility index (Phi) is 3.56. The van der Waals surface area contributed by atoms with E-state index < -0.39 is 0 Å². The number of ether oxygens (including phenoxy) is 2. The molecular weight excluding hydrogens is 228 g/mol. The number of aliphatic hydroxyl groups excluding tert-OH is 1. The molecule has 1 N–H and O–H groups in total. The van der Waals surface area contributed by atoms with Crippen LogP contribution >= 0.6 is 11.6 Å². The summed E-state index contributed by atoms with van der Waals surface area (Å²) in [4.78, 5) is 0. The molecule has 0 saturated carbocycles. The fraction of sp³-hybridized carbons (Fsp3) is 0.500. The minimum absolute atomic E-state index is 0.0708. The molecule has 0 fully saturated rings. The quantitative estimate of drug-likeness (QED) is 0.866. The van der Waals surface area contributed by atoms with Crippen molar-refractivity contribution in [1.82, 2.24) is 0 Å². The van der Waals surface area contributed by atoms with E-state index in [2.05, 4.69) is 0 Å². The molecule has 0 radical (unpaired) electrons. The van der Waals surface area contributed by atoms with Crippen LogP contribution in [-0.2, 0) is 13.0 Å². The zero-order valence-corrected chi connectivity index (χ0v) is 10.0. The highest BCUT2D eigenvalue weighted by atomic mass is 35.5. The first-order chi connectivity index (χ1) is 7.77. The Morgan fingerprint density at radius 3 is 2.75 bits per heavy atom. The number of hydrogen-bond donors (Lipinski definition) is 1. The number of halogens is 1. The van der Waals surface area contributed by atoms with E-state index in [9.17, 15) is 5.11 Å². The van der Waals surface area contributed by atoms with Crippen LogP contribution in [0.5, 0.6) is 11.5 Å². The maximum atomic E-state index is 9.32. The Hall–Kier alpha value is -0.930. The third kappa shape index (κ3) is 1.97. The second-order valence-corrected chi connectivity index (χ2v) is 4.11. The monoisotopic (exact) mass is 242 g/mol. The third-order valence-electron chi connectivity index (χ3n) is 2.71. The van der Waals surface area contributed by atoms with Crippen LogP contribution in [0, 0.1) is 0 Å². The maximum Gasteiger partial charge on any atom is 0.164 e. The summed E-state index contributed by atoms with van der Waals surface area (Å²) in [7, 11) is 0. The zero-order valence-electron chi connectivity index (χ0n) is 9.25. The summed E-state index contributed by atoms with van der Waals surface area (Å²) in [5.41, 5.74) is 1.69. The van der Waals surface area contributed by atoms with Gasteiger partial charge in [0, 0.05) is 23.6 Å². The highest BCUT2D eigenvalue weighted by molar-refractivity contribution is 6.31. The number of benzene rings is 1. The van der Waals surface area contributed by atoms with Crippen molar-refractivity contribution < 1.29 is 14.6 Å². The molecule has 2 rings (SSSR count). The second-order valence-electron chi connectivity index (χ2n) is 3.70. The number of fused-ring (bicyclic) bond motifs is 1. The van der Waals surface area contributed by atoms with Crippen LogP contribution in [0.25, 0.3) is 0 Å². The van der Waals surface area contributed by atoms with Crippen molar-refractivity contribution in [2.24, 2.45) is 0 Å². The van der Waals surface area contributed by atoms with Crippen molar-refractivity contribution in [3.8, 4) is 11.5 Å². The molecule has 0 aromatic heterocycles. The Bertz CT molecular complexity index is 390. The van der Waals surface area contributed by atoms with Gasteiger partial charge in [0.2, 0.25) is 0 Å². The molecule has 16 heavy (non-hydrogen) atoms. The molecule has 0 saturated heterocycles. The molecule has 0 spiro atoms. The number of aliphatic hydroxyl groups is 1. The minimum atomic E-state index is -0.0708. The first-order valence-corrected chi connectivity index (χ1v) is 5.86. The number of hydrogen-bond acceptors (Lipinski definition) is 3. The topological polar surface area (TPSA) is 38.7 Å². The standard InChI is InChI=1S/C12H15ClO3/c1-2-8-9(7-14)10(13)6-11-12(8)16-5-3-4-15-11/h6,14H,2-5,7H2,1H3. The van der Waals surface area contributed by atoms with Crippen molar-refractivity contribution in [1.29, 1.82) is 0 Å². The van der Waals surface area contributed by atoms with Crippen molar-refractivity contribution >= 4 is 11.6 Å². The summed E-state index contributed by atoms with van der Waals surface area (Å²) in [6, 6.07) is 1.73. The van der Waals surface area contributed by atoms with Crippen molar-refractivity contribution in [3.05, 3.63) is 22.2 Å². The van der Waals surface area contributed by atoms with Gasteiger partial charge in [-0.15, -0.1) is 0 Å². The minimum Gasteiger partial charge on any atom is -0.489 e. The van der Waals surface area contributed by atoms with Crippen molar-refractivity contribution in [2.45, 2.75) is 26.4 Å². The first kappa shape index (κ1) is 11.6. The fourth-order valence-corrected chi connectivity index (χ4v) is 2.20. The van der Waals surface area contributed by atoms with Crippen molar-refractivity contribution in [3.63, 3.8) is 0 Å². The summed E-state index contributed by atoms with van der Waals surface area (Å²) in [6.07, 6.45) is 1.63. The van der Waals surface area contributed by atoms with Crippen LogP contribution < -0.4 is 9.47 Å². The van der Waals surface area contributed by atoms with Gasteiger partial charge in [0.25, 0.3) is 0 Å². The van der Waals surface area contributed by atoms with E-state index in [1.807, 2.05) is 6.92 Å². The van der Waals surface area contributed by atoms with Crippen LogP contribution in [0.4, 0.5) is 0 Å². The highest BCUT2D eigenvalue weighted by Crippen LogP contribution is 2.39. The Balaban J connectivity index is 2.56. The van der Waals surface area contributed by atoms with E-state index in [4.69, 9.17) is 21.1 Å². The van der Waals surface area contributed by atoms with Gasteiger partial charge in [-0.25, -0.2) is 0 Å². The van der Waals surface area contributed by atoms with E-state index in [-0.39, 0.29) is 6.61 Å². The van der Waals surface area contributed by atoms with Crippen LogP contribution in [0.1, 0.15) is 24.5 Å². The highest BCUT2D eigenvalue weighted by Gasteiger charge is 2.19. The van der Waals surface area contributed by atoms with Gasteiger partial charge in [0.05, 0.1) is 24.8 Å². The lowest BCUT2D eigenvalue weighted by Gasteiger charge is -2.16. The first-order valence-electron chi connectivity index (χ1n) is 5.48. The van der Waals surface area contributed by atoms with Gasteiger partial charge in [-0.2, -0.15) is 0 Å². The SMILES string of the molecule is CCc1c(CO)c(Cl)cc2c1OCCCO2.